The Morgan fingerprint density at radius 3 is 2.59 bits per heavy atom. The van der Waals surface area contributed by atoms with Crippen molar-refractivity contribution in [1.82, 2.24) is 0 Å². The second-order valence-electron chi connectivity index (χ2n) is 4.95. The lowest BCUT2D eigenvalue weighted by atomic mass is 9.83. The third-order valence-electron chi connectivity index (χ3n) is 3.56. The van der Waals surface area contributed by atoms with Crippen LogP contribution in [-0.2, 0) is 6.42 Å². The summed E-state index contributed by atoms with van der Waals surface area (Å²) in [4.78, 5) is 0. The van der Waals surface area contributed by atoms with E-state index in [4.69, 9.17) is 0 Å². The first-order valence-corrected chi connectivity index (χ1v) is 7.07. The molecule has 0 heterocycles. The minimum absolute atomic E-state index is 0.245. The molecule has 1 fully saturated rings. The lowest BCUT2D eigenvalue weighted by molar-refractivity contribution is 0.0850. The van der Waals surface area contributed by atoms with Crippen molar-refractivity contribution >= 4 is 15.9 Å². The van der Waals surface area contributed by atoms with Crippen LogP contribution in [0.15, 0.2) is 22.7 Å². The smallest absolute Gasteiger partial charge is 0.124 e. The Bertz CT molecular complexity index is 354. The van der Waals surface area contributed by atoms with Gasteiger partial charge < -0.3 is 5.11 Å². The topological polar surface area (TPSA) is 20.2 Å². The highest BCUT2D eigenvalue weighted by atomic mass is 79.9. The molecule has 0 aromatic heterocycles. The second-order valence-corrected chi connectivity index (χ2v) is 5.86. The summed E-state index contributed by atoms with van der Waals surface area (Å²) >= 11 is 3.28. The average molecular weight is 301 g/mol. The highest BCUT2D eigenvalue weighted by Crippen LogP contribution is 2.28. The fraction of sp³-hybridized carbons (Fsp3) is 0.571. The molecule has 0 saturated heterocycles. The van der Waals surface area contributed by atoms with E-state index in [1.54, 1.807) is 0 Å². The van der Waals surface area contributed by atoms with Crippen LogP contribution in [0.2, 0.25) is 0 Å². The molecule has 2 rings (SSSR count). The van der Waals surface area contributed by atoms with Gasteiger partial charge in [0.25, 0.3) is 0 Å². The maximum atomic E-state index is 13.2. The Hall–Kier alpha value is -0.410. The normalized spacial score (nSPS) is 19.2. The fourth-order valence-electron chi connectivity index (χ4n) is 2.66. The van der Waals surface area contributed by atoms with Crippen LogP contribution in [0.5, 0.6) is 0 Å². The Kier molecular flexibility index (Phi) is 4.57. The molecule has 1 saturated carbocycles. The van der Waals surface area contributed by atoms with Crippen LogP contribution in [0.25, 0.3) is 0 Å². The average Bonchev–Trinajstić information content (AvgIpc) is 2.28. The van der Waals surface area contributed by atoms with Crippen LogP contribution in [-0.4, -0.2) is 11.2 Å². The summed E-state index contributed by atoms with van der Waals surface area (Å²) in [6, 6.07) is 4.84. The van der Waals surface area contributed by atoms with Crippen molar-refractivity contribution in [3.8, 4) is 0 Å². The summed E-state index contributed by atoms with van der Waals surface area (Å²) in [5, 5.41) is 10.2. The molecule has 94 valence electrons. The van der Waals surface area contributed by atoms with Gasteiger partial charge in [-0.25, -0.2) is 4.39 Å². The molecule has 1 N–H and O–H groups in total. The third-order valence-corrected chi connectivity index (χ3v) is 4.02. The van der Waals surface area contributed by atoms with E-state index in [0.29, 0.717) is 12.3 Å². The van der Waals surface area contributed by atoms with Crippen molar-refractivity contribution in [3.05, 3.63) is 34.1 Å². The third kappa shape index (κ3) is 3.78. The molecule has 1 nitrogen and oxygen atoms in total. The quantitative estimate of drug-likeness (QED) is 0.892. The van der Waals surface area contributed by atoms with E-state index in [9.17, 15) is 9.50 Å². The first-order chi connectivity index (χ1) is 8.15. The van der Waals surface area contributed by atoms with Crippen molar-refractivity contribution in [2.45, 2.75) is 44.6 Å². The van der Waals surface area contributed by atoms with Gasteiger partial charge in [0.05, 0.1) is 6.10 Å². The molecule has 1 unspecified atom stereocenters. The van der Waals surface area contributed by atoms with Crippen molar-refractivity contribution in [3.63, 3.8) is 0 Å². The zero-order valence-electron chi connectivity index (χ0n) is 9.83. The van der Waals surface area contributed by atoms with Gasteiger partial charge >= 0.3 is 0 Å². The van der Waals surface area contributed by atoms with Crippen LogP contribution >= 0.6 is 15.9 Å². The summed E-state index contributed by atoms with van der Waals surface area (Å²) in [5.41, 5.74) is 0.870. The van der Waals surface area contributed by atoms with Crippen LogP contribution in [0.4, 0.5) is 4.39 Å². The summed E-state index contributed by atoms with van der Waals surface area (Å²) in [6.07, 6.45) is 6.16. The van der Waals surface area contributed by atoms with Crippen molar-refractivity contribution < 1.29 is 9.50 Å². The number of benzene rings is 1. The Morgan fingerprint density at radius 1 is 1.24 bits per heavy atom. The van der Waals surface area contributed by atoms with E-state index in [-0.39, 0.29) is 11.9 Å². The van der Waals surface area contributed by atoms with Crippen molar-refractivity contribution in [2.24, 2.45) is 5.92 Å². The molecule has 17 heavy (non-hydrogen) atoms. The molecule has 0 amide bonds. The van der Waals surface area contributed by atoms with Crippen molar-refractivity contribution in [1.29, 1.82) is 0 Å². The van der Waals surface area contributed by atoms with Gasteiger partial charge in [0, 0.05) is 4.47 Å². The van der Waals surface area contributed by atoms with Gasteiger partial charge in [-0.15, -0.1) is 0 Å². The predicted octanol–water partition coefficient (Wildman–Crippen LogP) is 4.07. The van der Waals surface area contributed by atoms with E-state index in [1.165, 1.54) is 31.4 Å². The standard InChI is InChI=1S/C14H18BrFO/c15-12-6-10(7-13(16)9-12)8-14(17)11-4-2-1-3-5-11/h6-7,9,11,14,17H,1-5,8H2. The Morgan fingerprint density at radius 2 is 1.94 bits per heavy atom. The van der Waals surface area contributed by atoms with Gasteiger partial charge in [0.15, 0.2) is 0 Å². The number of hydrogen-bond donors (Lipinski definition) is 1. The molecule has 3 heteroatoms. The molecule has 0 aliphatic heterocycles. The van der Waals surface area contributed by atoms with Gasteiger partial charge in [-0.05, 0) is 48.9 Å². The number of aliphatic hydroxyl groups excluding tert-OH is 1. The monoisotopic (exact) mass is 300 g/mol. The zero-order valence-corrected chi connectivity index (χ0v) is 11.4. The molecular weight excluding hydrogens is 283 g/mol. The van der Waals surface area contributed by atoms with Crippen LogP contribution < -0.4 is 0 Å². The minimum atomic E-state index is -0.330. The van der Waals surface area contributed by atoms with E-state index in [1.807, 2.05) is 6.07 Å². The van der Waals surface area contributed by atoms with Crippen LogP contribution in [0.3, 0.4) is 0 Å². The SMILES string of the molecule is OC(Cc1cc(F)cc(Br)c1)C1CCCCC1. The molecule has 1 aromatic carbocycles. The van der Waals surface area contributed by atoms with Crippen LogP contribution in [0, 0.1) is 11.7 Å². The lowest BCUT2D eigenvalue weighted by Crippen LogP contribution is -2.25. The summed E-state index contributed by atoms with van der Waals surface area (Å²) < 4.78 is 13.9. The maximum Gasteiger partial charge on any atom is 0.124 e. The minimum Gasteiger partial charge on any atom is -0.392 e. The number of halogens is 2. The Balaban J connectivity index is 1.99. The molecule has 1 aliphatic carbocycles. The van der Waals surface area contributed by atoms with Crippen molar-refractivity contribution in [2.75, 3.05) is 0 Å². The first-order valence-electron chi connectivity index (χ1n) is 6.28. The van der Waals surface area contributed by atoms with E-state index < -0.39 is 0 Å². The highest BCUT2D eigenvalue weighted by Gasteiger charge is 2.21. The van der Waals surface area contributed by atoms with Gasteiger partial charge in [-0.1, -0.05) is 35.2 Å². The van der Waals surface area contributed by atoms with Gasteiger partial charge in [-0.2, -0.15) is 0 Å². The first kappa shape index (κ1) is 13.0. The second kappa shape index (κ2) is 5.96. The molecule has 0 radical (unpaired) electrons. The molecule has 1 aliphatic rings. The largest absolute Gasteiger partial charge is 0.392 e. The maximum absolute atomic E-state index is 13.2. The molecular formula is C14H18BrFO. The van der Waals surface area contributed by atoms with Gasteiger partial charge in [-0.3, -0.25) is 0 Å². The zero-order chi connectivity index (χ0) is 12.3. The molecule has 0 spiro atoms. The number of hydrogen-bond acceptors (Lipinski definition) is 1. The van der Waals surface area contributed by atoms with Gasteiger partial charge in [0.2, 0.25) is 0 Å². The van der Waals surface area contributed by atoms with E-state index in [2.05, 4.69) is 15.9 Å². The van der Waals surface area contributed by atoms with Gasteiger partial charge in [0.1, 0.15) is 5.82 Å². The molecule has 0 bridgehead atoms. The number of aliphatic hydroxyl groups is 1. The summed E-state index contributed by atoms with van der Waals surface area (Å²) in [5.74, 6) is 0.149. The van der Waals surface area contributed by atoms with Crippen LogP contribution in [0.1, 0.15) is 37.7 Å². The fourth-order valence-corrected chi connectivity index (χ4v) is 3.17. The van der Waals surface area contributed by atoms with E-state index in [0.717, 1.165) is 22.9 Å². The predicted molar refractivity (Wildman–Crippen MR) is 70.4 cm³/mol. The molecule has 1 aromatic rings. The summed E-state index contributed by atoms with van der Waals surface area (Å²) in [7, 11) is 0. The highest BCUT2D eigenvalue weighted by molar-refractivity contribution is 9.10. The lowest BCUT2D eigenvalue weighted by Gasteiger charge is -2.26. The molecule has 1 atom stereocenters. The Labute approximate surface area is 110 Å². The summed E-state index contributed by atoms with van der Waals surface area (Å²) in [6.45, 7) is 0. The van der Waals surface area contributed by atoms with E-state index >= 15 is 0 Å². The number of rotatable bonds is 3.